The average molecular weight is 186 g/mol. The number of hydrogen-bond acceptors (Lipinski definition) is 3. The predicted molar refractivity (Wildman–Crippen MR) is 51.1 cm³/mol. The van der Waals surface area contributed by atoms with Crippen LogP contribution >= 0.6 is 0 Å². The average Bonchev–Trinajstić information content (AvgIpc) is 2.04. The van der Waals surface area contributed by atoms with Crippen molar-refractivity contribution in [2.75, 3.05) is 13.1 Å². The van der Waals surface area contributed by atoms with Gasteiger partial charge < -0.3 is 11.1 Å². The Hall–Kier alpha value is -0.900. The third-order valence-electron chi connectivity index (χ3n) is 1.71. The highest BCUT2D eigenvalue weighted by Crippen LogP contribution is 1.96. The van der Waals surface area contributed by atoms with Crippen molar-refractivity contribution in [3.63, 3.8) is 0 Å². The molecule has 0 radical (unpaired) electrons. The molecule has 0 unspecified atom stereocenters. The summed E-state index contributed by atoms with van der Waals surface area (Å²) >= 11 is 0. The van der Waals surface area contributed by atoms with Crippen LogP contribution in [0.2, 0.25) is 0 Å². The van der Waals surface area contributed by atoms with Crippen LogP contribution < -0.4 is 11.1 Å². The minimum absolute atomic E-state index is 0.0476. The molecule has 0 aromatic rings. The van der Waals surface area contributed by atoms with Crippen LogP contribution in [0.3, 0.4) is 0 Å². The number of ketones is 1. The van der Waals surface area contributed by atoms with Crippen molar-refractivity contribution in [3.8, 4) is 0 Å². The molecule has 0 bridgehead atoms. The molecule has 0 atom stereocenters. The molecule has 4 nitrogen and oxygen atoms in total. The van der Waals surface area contributed by atoms with Gasteiger partial charge in [-0.2, -0.15) is 0 Å². The molecular weight excluding hydrogens is 168 g/mol. The van der Waals surface area contributed by atoms with Crippen LogP contribution in [-0.4, -0.2) is 24.8 Å². The molecule has 0 aliphatic rings. The first-order valence-corrected chi connectivity index (χ1v) is 4.57. The molecule has 0 fully saturated rings. The molecule has 0 heterocycles. The van der Waals surface area contributed by atoms with Gasteiger partial charge in [-0.15, -0.1) is 0 Å². The predicted octanol–water partition coefficient (Wildman–Crippen LogP) is 0.0666. The van der Waals surface area contributed by atoms with Gasteiger partial charge in [-0.1, -0.05) is 13.8 Å². The molecule has 0 saturated carbocycles. The van der Waals surface area contributed by atoms with Gasteiger partial charge in [0.1, 0.15) is 5.78 Å². The van der Waals surface area contributed by atoms with Gasteiger partial charge in [-0.25, -0.2) is 0 Å². The Kier molecular flexibility index (Phi) is 6.14. The zero-order chi connectivity index (χ0) is 10.3. The lowest BCUT2D eigenvalue weighted by Gasteiger charge is -2.05. The van der Waals surface area contributed by atoms with Crippen molar-refractivity contribution in [2.45, 2.75) is 26.7 Å². The van der Waals surface area contributed by atoms with E-state index < -0.39 is 0 Å². The summed E-state index contributed by atoms with van der Waals surface area (Å²) in [6.07, 6.45) is 0.740. The Labute approximate surface area is 78.9 Å². The highest BCUT2D eigenvalue weighted by atomic mass is 16.1. The number of nitrogens with one attached hydrogen (secondary N) is 1. The van der Waals surface area contributed by atoms with Crippen LogP contribution in [-0.2, 0) is 9.59 Å². The summed E-state index contributed by atoms with van der Waals surface area (Å²) in [6, 6.07) is 0. The van der Waals surface area contributed by atoms with Gasteiger partial charge in [0.05, 0.1) is 0 Å². The van der Waals surface area contributed by atoms with Crippen LogP contribution in [0.5, 0.6) is 0 Å². The zero-order valence-corrected chi connectivity index (χ0v) is 8.30. The molecule has 0 aliphatic carbocycles. The van der Waals surface area contributed by atoms with Gasteiger partial charge in [0.2, 0.25) is 5.91 Å². The number of nitrogens with two attached hydrogens (primary N) is 1. The number of carbonyl (C=O) groups excluding carboxylic acids is 2. The van der Waals surface area contributed by atoms with Crippen molar-refractivity contribution in [1.82, 2.24) is 5.32 Å². The first kappa shape index (κ1) is 12.1. The number of Topliss-reactive ketones (excluding diaryl/α,β-unsaturated/α-hetero) is 1. The maximum atomic E-state index is 11.1. The van der Waals surface area contributed by atoms with Crippen LogP contribution in [0.1, 0.15) is 26.7 Å². The highest BCUT2D eigenvalue weighted by molar-refractivity contribution is 5.81. The molecule has 0 saturated heterocycles. The molecule has 0 aromatic carbocycles. The number of amides is 1. The normalized spacial score (nSPS) is 10.2. The Bertz CT molecular complexity index is 178. The second kappa shape index (κ2) is 6.60. The van der Waals surface area contributed by atoms with E-state index in [4.69, 9.17) is 5.73 Å². The SMILES string of the molecule is CC(C)C(=O)CCNC(=O)CCN. The fraction of sp³-hybridized carbons (Fsp3) is 0.778. The number of rotatable bonds is 6. The number of hydrogen-bond donors (Lipinski definition) is 2. The molecule has 0 aromatic heterocycles. The minimum Gasteiger partial charge on any atom is -0.356 e. The molecule has 13 heavy (non-hydrogen) atoms. The van der Waals surface area contributed by atoms with E-state index in [-0.39, 0.29) is 17.6 Å². The van der Waals surface area contributed by atoms with Crippen molar-refractivity contribution < 1.29 is 9.59 Å². The van der Waals surface area contributed by atoms with Gasteiger partial charge >= 0.3 is 0 Å². The second-order valence-corrected chi connectivity index (χ2v) is 3.26. The van der Waals surface area contributed by atoms with Crippen LogP contribution in [0.15, 0.2) is 0 Å². The van der Waals surface area contributed by atoms with Crippen LogP contribution in [0, 0.1) is 5.92 Å². The lowest BCUT2D eigenvalue weighted by Crippen LogP contribution is -2.28. The van der Waals surface area contributed by atoms with Crippen molar-refractivity contribution in [3.05, 3.63) is 0 Å². The molecule has 0 aliphatic heterocycles. The van der Waals surface area contributed by atoms with Crippen LogP contribution in [0.4, 0.5) is 0 Å². The summed E-state index contributed by atoms with van der Waals surface area (Å²) in [6.45, 7) is 4.48. The molecule has 76 valence electrons. The largest absolute Gasteiger partial charge is 0.356 e. The van der Waals surface area contributed by atoms with Gasteiger partial charge in [0.25, 0.3) is 0 Å². The fourth-order valence-electron chi connectivity index (χ4n) is 0.833. The molecular formula is C9H18N2O2. The monoisotopic (exact) mass is 186 g/mol. The first-order chi connectivity index (χ1) is 6.07. The molecule has 1 amide bonds. The van der Waals surface area contributed by atoms with E-state index in [1.165, 1.54) is 0 Å². The Morgan fingerprint density at radius 2 is 1.92 bits per heavy atom. The summed E-state index contributed by atoms with van der Waals surface area (Å²) in [5.41, 5.74) is 5.18. The summed E-state index contributed by atoms with van der Waals surface area (Å²) < 4.78 is 0. The van der Waals surface area contributed by atoms with E-state index in [1.54, 1.807) is 0 Å². The van der Waals surface area contributed by atoms with E-state index in [2.05, 4.69) is 5.32 Å². The zero-order valence-electron chi connectivity index (χ0n) is 8.30. The maximum Gasteiger partial charge on any atom is 0.221 e. The van der Waals surface area contributed by atoms with E-state index in [0.717, 1.165) is 0 Å². The summed E-state index contributed by atoms with van der Waals surface area (Å²) in [5, 5.41) is 2.63. The Balaban J connectivity index is 3.45. The standard InChI is InChI=1S/C9H18N2O2/c1-7(2)8(12)4-6-11-9(13)3-5-10/h7H,3-6,10H2,1-2H3,(H,11,13). The molecule has 0 rings (SSSR count). The lowest BCUT2D eigenvalue weighted by molar-refractivity contribution is -0.122. The van der Waals surface area contributed by atoms with E-state index in [1.807, 2.05) is 13.8 Å². The second-order valence-electron chi connectivity index (χ2n) is 3.26. The van der Waals surface area contributed by atoms with E-state index >= 15 is 0 Å². The third-order valence-corrected chi connectivity index (χ3v) is 1.71. The van der Waals surface area contributed by atoms with Gasteiger partial charge in [0.15, 0.2) is 0 Å². The molecule has 0 spiro atoms. The van der Waals surface area contributed by atoms with Crippen molar-refractivity contribution in [1.29, 1.82) is 0 Å². The van der Waals surface area contributed by atoms with Crippen LogP contribution in [0.25, 0.3) is 0 Å². The Morgan fingerprint density at radius 3 is 2.38 bits per heavy atom. The molecule has 3 N–H and O–H groups in total. The highest BCUT2D eigenvalue weighted by Gasteiger charge is 2.06. The third kappa shape index (κ3) is 6.28. The van der Waals surface area contributed by atoms with Gasteiger partial charge in [0, 0.05) is 31.8 Å². The van der Waals surface area contributed by atoms with Gasteiger partial charge in [-0.05, 0) is 0 Å². The van der Waals surface area contributed by atoms with Crippen molar-refractivity contribution in [2.24, 2.45) is 11.7 Å². The van der Waals surface area contributed by atoms with Crippen molar-refractivity contribution >= 4 is 11.7 Å². The molecule has 4 heteroatoms. The quantitative estimate of drug-likeness (QED) is 0.616. The number of carbonyl (C=O) groups is 2. The summed E-state index contributed by atoms with van der Waals surface area (Å²) in [7, 11) is 0. The summed E-state index contributed by atoms with van der Waals surface area (Å²) in [4.78, 5) is 22.0. The maximum absolute atomic E-state index is 11.1. The smallest absolute Gasteiger partial charge is 0.221 e. The van der Waals surface area contributed by atoms with E-state index in [9.17, 15) is 9.59 Å². The Morgan fingerprint density at radius 1 is 1.31 bits per heavy atom. The van der Waals surface area contributed by atoms with E-state index in [0.29, 0.717) is 25.9 Å². The fourth-order valence-corrected chi connectivity index (χ4v) is 0.833. The minimum atomic E-state index is -0.0842. The lowest BCUT2D eigenvalue weighted by atomic mass is 10.1. The first-order valence-electron chi connectivity index (χ1n) is 4.57. The summed E-state index contributed by atoms with van der Waals surface area (Å²) in [5.74, 6) is 0.138. The topological polar surface area (TPSA) is 72.2 Å². The van der Waals surface area contributed by atoms with Gasteiger partial charge in [-0.3, -0.25) is 9.59 Å².